The van der Waals surface area contributed by atoms with Crippen molar-refractivity contribution in [2.45, 2.75) is 18.3 Å². The van der Waals surface area contributed by atoms with Gasteiger partial charge in [0.1, 0.15) is 11.9 Å². The maximum atomic E-state index is 9.72. The molecular weight excluding hydrogens is 272 g/mol. The van der Waals surface area contributed by atoms with Gasteiger partial charge < -0.3 is 4.90 Å². The Morgan fingerprint density at radius 3 is 2.36 bits per heavy atom. The molecule has 0 aliphatic carbocycles. The van der Waals surface area contributed by atoms with Crippen LogP contribution in [-0.2, 0) is 5.41 Å². The van der Waals surface area contributed by atoms with Crippen LogP contribution in [0.2, 0.25) is 0 Å². The van der Waals surface area contributed by atoms with Crippen LogP contribution < -0.4 is 4.90 Å². The summed E-state index contributed by atoms with van der Waals surface area (Å²) in [7, 11) is 0. The molecule has 108 valence electrons. The van der Waals surface area contributed by atoms with Crippen LogP contribution in [0.3, 0.4) is 0 Å². The zero-order chi connectivity index (χ0) is 15.4. The number of anilines is 1. The molecule has 0 radical (unpaired) electrons. The predicted octanol–water partition coefficient (Wildman–Crippen LogP) is 3.02. The number of piperidine rings is 1. The summed E-state index contributed by atoms with van der Waals surface area (Å²) in [5.41, 5.74) is 1.24. The van der Waals surface area contributed by atoms with Crippen molar-refractivity contribution in [2.75, 3.05) is 18.0 Å². The minimum atomic E-state index is -0.431. The van der Waals surface area contributed by atoms with Crippen LogP contribution in [-0.4, -0.2) is 18.1 Å². The summed E-state index contributed by atoms with van der Waals surface area (Å²) < 4.78 is 0. The van der Waals surface area contributed by atoms with Gasteiger partial charge in [-0.05, 0) is 30.5 Å². The average molecular weight is 288 g/mol. The molecule has 0 N–H and O–H groups in total. The minimum absolute atomic E-state index is 0.431. The van der Waals surface area contributed by atoms with Gasteiger partial charge in [-0.25, -0.2) is 4.98 Å². The van der Waals surface area contributed by atoms with Gasteiger partial charge in [0.25, 0.3) is 0 Å². The van der Waals surface area contributed by atoms with Gasteiger partial charge in [-0.2, -0.15) is 10.5 Å². The highest BCUT2D eigenvalue weighted by Gasteiger charge is 2.37. The molecule has 1 saturated heterocycles. The van der Waals surface area contributed by atoms with E-state index in [1.54, 1.807) is 18.3 Å². The molecule has 1 fully saturated rings. The largest absolute Gasteiger partial charge is 0.355 e. The first kappa shape index (κ1) is 14.1. The van der Waals surface area contributed by atoms with Crippen LogP contribution in [0.5, 0.6) is 0 Å². The van der Waals surface area contributed by atoms with Gasteiger partial charge in [0.2, 0.25) is 0 Å². The lowest BCUT2D eigenvalue weighted by Crippen LogP contribution is -2.42. The third-order valence-electron chi connectivity index (χ3n) is 4.36. The molecule has 0 saturated carbocycles. The molecular formula is C18H16N4. The Hall–Kier alpha value is -2.85. The molecule has 1 aliphatic heterocycles. The van der Waals surface area contributed by atoms with E-state index < -0.39 is 5.41 Å². The first-order chi connectivity index (χ1) is 10.8. The maximum Gasteiger partial charge on any atom is 0.146 e. The monoisotopic (exact) mass is 288 g/mol. The van der Waals surface area contributed by atoms with Gasteiger partial charge in [-0.15, -0.1) is 0 Å². The minimum Gasteiger partial charge on any atom is -0.355 e. The summed E-state index contributed by atoms with van der Waals surface area (Å²) in [5.74, 6) is 0.726. The molecule has 0 bridgehead atoms. The topological polar surface area (TPSA) is 63.7 Å². The van der Waals surface area contributed by atoms with Gasteiger partial charge in [0.05, 0.1) is 17.0 Å². The first-order valence-electron chi connectivity index (χ1n) is 7.36. The van der Waals surface area contributed by atoms with Crippen molar-refractivity contribution < 1.29 is 0 Å². The number of hydrogen-bond acceptors (Lipinski definition) is 4. The molecule has 1 aromatic heterocycles. The normalized spacial score (nSPS) is 16.5. The van der Waals surface area contributed by atoms with Crippen LogP contribution >= 0.6 is 0 Å². The number of aromatic nitrogens is 1. The van der Waals surface area contributed by atoms with Gasteiger partial charge >= 0.3 is 0 Å². The molecule has 2 aromatic rings. The Bertz CT molecular complexity index is 732. The Morgan fingerprint density at radius 2 is 1.73 bits per heavy atom. The Kier molecular flexibility index (Phi) is 3.76. The number of hydrogen-bond donors (Lipinski definition) is 0. The highest BCUT2D eigenvalue weighted by molar-refractivity contribution is 5.54. The van der Waals surface area contributed by atoms with Gasteiger partial charge in [0.15, 0.2) is 0 Å². The Balaban J connectivity index is 1.83. The second-order valence-corrected chi connectivity index (χ2v) is 5.53. The zero-order valence-corrected chi connectivity index (χ0v) is 12.2. The van der Waals surface area contributed by atoms with Crippen molar-refractivity contribution in [3.8, 4) is 12.1 Å². The fraction of sp³-hybridized carbons (Fsp3) is 0.278. The van der Waals surface area contributed by atoms with Crippen LogP contribution in [0, 0.1) is 22.7 Å². The predicted molar refractivity (Wildman–Crippen MR) is 84.1 cm³/mol. The molecule has 0 unspecified atom stereocenters. The lowest BCUT2D eigenvalue weighted by atomic mass is 9.74. The summed E-state index contributed by atoms with van der Waals surface area (Å²) in [6.07, 6.45) is 3.20. The number of pyridine rings is 1. The van der Waals surface area contributed by atoms with Crippen LogP contribution in [0.15, 0.2) is 48.7 Å². The summed E-state index contributed by atoms with van der Waals surface area (Å²) >= 11 is 0. The summed E-state index contributed by atoms with van der Waals surface area (Å²) in [4.78, 5) is 6.45. The van der Waals surface area contributed by atoms with Crippen LogP contribution in [0.4, 0.5) is 5.82 Å². The second kappa shape index (κ2) is 5.87. The Labute approximate surface area is 130 Å². The summed E-state index contributed by atoms with van der Waals surface area (Å²) in [5, 5.41) is 18.9. The Morgan fingerprint density at radius 1 is 1.00 bits per heavy atom. The number of nitriles is 2. The van der Waals surface area contributed by atoms with Crippen molar-refractivity contribution in [1.29, 1.82) is 10.5 Å². The third-order valence-corrected chi connectivity index (χ3v) is 4.36. The maximum absolute atomic E-state index is 9.72. The molecule has 1 aliphatic rings. The van der Waals surface area contributed by atoms with E-state index in [-0.39, 0.29) is 0 Å². The summed E-state index contributed by atoms with van der Waals surface area (Å²) in [6, 6.07) is 18.3. The molecule has 2 heterocycles. The quantitative estimate of drug-likeness (QED) is 0.852. The van der Waals surface area contributed by atoms with E-state index in [9.17, 15) is 10.5 Å². The fourth-order valence-corrected chi connectivity index (χ4v) is 3.06. The fourth-order valence-electron chi connectivity index (χ4n) is 3.06. The lowest BCUT2D eigenvalue weighted by molar-refractivity contribution is 0.414. The molecule has 4 nitrogen and oxygen atoms in total. The third kappa shape index (κ3) is 2.40. The standard InChI is InChI=1S/C18H16N4/c19-13-15-5-4-10-21-17(15)22-11-8-18(14-20,9-12-22)16-6-2-1-3-7-16/h1-7,10H,8-9,11-12H2. The molecule has 4 heteroatoms. The molecule has 0 amide bonds. The van der Waals surface area contributed by atoms with E-state index in [0.717, 1.165) is 37.3 Å². The zero-order valence-electron chi connectivity index (χ0n) is 12.2. The highest BCUT2D eigenvalue weighted by atomic mass is 15.2. The van der Waals surface area contributed by atoms with Crippen LogP contribution in [0.25, 0.3) is 0 Å². The van der Waals surface area contributed by atoms with E-state index in [4.69, 9.17) is 0 Å². The SMILES string of the molecule is N#Cc1cccnc1N1CCC(C#N)(c2ccccc2)CC1. The number of rotatable bonds is 2. The van der Waals surface area contributed by atoms with E-state index in [0.29, 0.717) is 5.56 Å². The van der Waals surface area contributed by atoms with Crippen molar-refractivity contribution in [3.05, 3.63) is 59.8 Å². The van der Waals surface area contributed by atoms with Crippen molar-refractivity contribution in [1.82, 2.24) is 4.98 Å². The average Bonchev–Trinajstić information content (AvgIpc) is 2.62. The van der Waals surface area contributed by atoms with Crippen LogP contribution in [0.1, 0.15) is 24.0 Å². The number of nitrogens with zero attached hydrogens (tertiary/aromatic N) is 4. The number of benzene rings is 1. The molecule has 0 spiro atoms. The first-order valence-corrected chi connectivity index (χ1v) is 7.36. The van der Waals surface area contributed by atoms with Gasteiger partial charge in [-0.3, -0.25) is 0 Å². The highest BCUT2D eigenvalue weighted by Crippen LogP contribution is 2.36. The molecule has 1 aromatic carbocycles. The molecule has 3 rings (SSSR count). The smallest absolute Gasteiger partial charge is 0.146 e. The van der Waals surface area contributed by atoms with E-state index in [2.05, 4.69) is 22.0 Å². The van der Waals surface area contributed by atoms with E-state index in [1.165, 1.54) is 0 Å². The van der Waals surface area contributed by atoms with Gasteiger partial charge in [-0.1, -0.05) is 30.3 Å². The molecule has 22 heavy (non-hydrogen) atoms. The van der Waals surface area contributed by atoms with Crippen molar-refractivity contribution in [3.63, 3.8) is 0 Å². The second-order valence-electron chi connectivity index (χ2n) is 5.53. The van der Waals surface area contributed by atoms with Crippen molar-refractivity contribution in [2.24, 2.45) is 0 Å². The molecule has 0 atom stereocenters. The van der Waals surface area contributed by atoms with E-state index >= 15 is 0 Å². The lowest BCUT2D eigenvalue weighted by Gasteiger charge is -2.38. The van der Waals surface area contributed by atoms with E-state index in [1.807, 2.05) is 30.3 Å². The van der Waals surface area contributed by atoms with Crippen molar-refractivity contribution >= 4 is 5.82 Å². The van der Waals surface area contributed by atoms with Gasteiger partial charge in [0, 0.05) is 19.3 Å². The summed E-state index contributed by atoms with van der Waals surface area (Å²) in [6.45, 7) is 1.46.